The lowest BCUT2D eigenvalue weighted by Crippen LogP contribution is -2.46. The van der Waals surface area contributed by atoms with Crippen molar-refractivity contribution < 1.29 is 36.5 Å². The summed E-state index contributed by atoms with van der Waals surface area (Å²) in [6.07, 6.45) is 12.8. The Labute approximate surface area is 350 Å². The molecule has 10 heterocycles. The molecule has 2 fully saturated rings. The van der Waals surface area contributed by atoms with E-state index in [2.05, 4.69) is 45.2 Å². The molecule has 0 aromatic carbocycles. The minimum absolute atomic E-state index is 0.0367. The van der Waals surface area contributed by atoms with Crippen LogP contribution in [0.15, 0.2) is 62.0 Å². The summed E-state index contributed by atoms with van der Waals surface area (Å²) in [4.78, 5) is 36.5. The maximum atomic E-state index is 14.1. The maximum absolute atomic E-state index is 14.1. The molecule has 6 aromatic heterocycles. The summed E-state index contributed by atoms with van der Waals surface area (Å²) in [5.41, 5.74) is 8.57. The summed E-state index contributed by atoms with van der Waals surface area (Å²) in [5, 5.41) is 3.09. The molecule has 0 saturated carbocycles. The third-order valence-corrected chi connectivity index (χ3v) is 10.4. The van der Waals surface area contributed by atoms with Crippen LogP contribution in [0.5, 0.6) is 23.0 Å². The number of halogens is 5. The molecular weight excluding hydrogens is 828 g/mol. The van der Waals surface area contributed by atoms with Crippen molar-refractivity contribution in [3.8, 4) is 34.6 Å². The summed E-state index contributed by atoms with van der Waals surface area (Å²) in [6, 6.07) is 1.54. The first kappa shape index (κ1) is 41.0. The van der Waals surface area contributed by atoms with Crippen LogP contribution in [0, 0.1) is 13.8 Å². The van der Waals surface area contributed by atoms with E-state index < -0.39 is 23.9 Å². The summed E-state index contributed by atoms with van der Waals surface area (Å²) >= 11 is 5.65. The van der Waals surface area contributed by atoms with Crippen molar-refractivity contribution in [1.82, 2.24) is 49.0 Å². The maximum Gasteiger partial charge on any atom is 0.273 e. The largest absolute Gasteiger partial charge is 0.493 e. The van der Waals surface area contributed by atoms with Crippen molar-refractivity contribution in [1.29, 1.82) is 0 Å². The zero-order valence-electron chi connectivity index (χ0n) is 33.1. The SMILES string of the molecule is COc1cc(N)cnc1-n1cnc(C)c1.COc1cc(Nc2ncc3c(n2)N2CCC(F)(F)C2CO3)cnc1-n1cnc(C)c1.FC1(F)CCN2c3nc(Cl)ncc3OCC21. The van der Waals surface area contributed by atoms with Crippen LogP contribution in [0.2, 0.25) is 5.28 Å². The molecule has 3 N–H and O–H groups in total. The molecule has 0 radical (unpaired) electrons. The van der Waals surface area contributed by atoms with Gasteiger partial charge in [-0.2, -0.15) is 9.97 Å². The van der Waals surface area contributed by atoms with E-state index in [1.165, 1.54) is 12.4 Å². The number of rotatable bonds is 6. The van der Waals surface area contributed by atoms with Gasteiger partial charge in [-0.1, -0.05) is 0 Å². The lowest BCUT2D eigenvalue weighted by molar-refractivity contribution is -0.0220. The van der Waals surface area contributed by atoms with Crippen LogP contribution >= 0.6 is 11.6 Å². The number of nitrogens with one attached hydrogen (secondary N) is 1. The van der Waals surface area contributed by atoms with Gasteiger partial charge in [-0.25, -0.2) is 47.5 Å². The molecule has 10 rings (SSSR count). The van der Waals surface area contributed by atoms with Crippen LogP contribution in [0.3, 0.4) is 0 Å². The number of nitrogens with zero attached hydrogens (tertiary/aromatic N) is 12. The smallest absolute Gasteiger partial charge is 0.273 e. The fourth-order valence-electron chi connectivity index (χ4n) is 7.14. The van der Waals surface area contributed by atoms with Crippen molar-refractivity contribution in [3.05, 3.63) is 78.6 Å². The predicted octanol–water partition coefficient (Wildman–Crippen LogP) is 5.63. The van der Waals surface area contributed by atoms with Crippen molar-refractivity contribution in [3.63, 3.8) is 0 Å². The number of nitrogen functional groups attached to an aromatic ring is 1. The Morgan fingerprint density at radius 1 is 0.705 bits per heavy atom. The number of methoxy groups -OCH3 is 2. The van der Waals surface area contributed by atoms with Crippen molar-refractivity contribution in [2.24, 2.45) is 0 Å². The van der Waals surface area contributed by atoms with Crippen LogP contribution < -0.4 is 39.8 Å². The number of hydrogen-bond donors (Lipinski definition) is 2. The third kappa shape index (κ3) is 8.39. The number of anilines is 5. The van der Waals surface area contributed by atoms with Gasteiger partial charge in [-0.05, 0) is 25.4 Å². The second-order valence-corrected chi connectivity index (χ2v) is 14.6. The number of aromatic nitrogens is 10. The Kier molecular flexibility index (Phi) is 11.0. The van der Waals surface area contributed by atoms with Gasteiger partial charge in [0.15, 0.2) is 46.3 Å². The highest BCUT2D eigenvalue weighted by Gasteiger charge is 2.53. The number of aryl methyl sites for hydroxylation is 2. The minimum Gasteiger partial charge on any atom is -0.493 e. The second-order valence-electron chi connectivity index (χ2n) is 14.3. The van der Waals surface area contributed by atoms with Crippen LogP contribution in [0.1, 0.15) is 24.2 Å². The second kappa shape index (κ2) is 16.4. The molecular formula is C38H39ClF4N14O4. The van der Waals surface area contributed by atoms with Gasteiger partial charge in [0.25, 0.3) is 11.8 Å². The van der Waals surface area contributed by atoms with Gasteiger partial charge in [-0.15, -0.1) is 0 Å². The summed E-state index contributed by atoms with van der Waals surface area (Å²) < 4.78 is 80.0. The summed E-state index contributed by atoms with van der Waals surface area (Å²) in [7, 11) is 3.14. The molecule has 0 bridgehead atoms. The molecule has 0 aliphatic carbocycles. The molecule has 23 heteroatoms. The predicted molar refractivity (Wildman–Crippen MR) is 214 cm³/mol. The molecule has 2 saturated heterocycles. The molecule has 2 unspecified atom stereocenters. The van der Waals surface area contributed by atoms with E-state index in [1.54, 1.807) is 70.3 Å². The van der Waals surface area contributed by atoms with E-state index in [4.69, 9.17) is 36.3 Å². The molecule has 6 aromatic rings. The minimum atomic E-state index is -2.80. The van der Waals surface area contributed by atoms with Gasteiger partial charge >= 0.3 is 0 Å². The van der Waals surface area contributed by atoms with Crippen molar-refractivity contribution in [2.75, 3.05) is 61.4 Å². The average molecular weight is 867 g/mol. The van der Waals surface area contributed by atoms with Gasteiger partial charge < -0.3 is 39.8 Å². The number of nitrogens with two attached hydrogens (primary N) is 1. The zero-order valence-corrected chi connectivity index (χ0v) is 33.9. The Hall–Kier alpha value is -6.71. The lowest BCUT2D eigenvalue weighted by atomic mass is 10.1. The summed E-state index contributed by atoms with van der Waals surface area (Å²) in [5.74, 6) is -1.29. The van der Waals surface area contributed by atoms with E-state index in [-0.39, 0.29) is 50.4 Å². The van der Waals surface area contributed by atoms with Crippen molar-refractivity contribution in [2.45, 2.75) is 50.6 Å². The topological polar surface area (TPSA) is 194 Å². The summed E-state index contributed by atoms with van der Waals surface area (Å²) in [6.45, 7) is 4.18. The van der Waals surface area contributed by atoms with E-state index >= 15 is 0 Å². The molecule has 2 atom stereocenters. The first-order valence-corrected chi connectivity index (χ1v) is 19.2. The molecule has 0 spiro atoms. The Bertz CT molecular complexity index is 2540. The van der Waals surface area contributed by atoms with Crippen LogP contribution in [-0.4, -0.2) is 113 Å². The fourth-order valence-corrected chi connectivity index (χ4v) is 7.26. The molecule has 18 nitrogen and oxygen atoms in total. The third-order valence-electron chi connectivity index (χ3n) is 10.2. The Balaban J connectivity index is 0.000000139. The molecule has 61 heavy (non-hydrogen) atoms. The first-order chi connectivity index (χ1) is 29.2. The molecule has 320 valence electrons. The highest BCUT2D eigenvalue weighted by molar-refractivity contribution is 6.28. The van der Waals surface area contributed by atoms with E-state index in [9.17, 15) is 17.6 Å². The quantitative estimate of drug-likeness (QED) is 0.154. The number of fused-ring (bicyclic) bond motifs is 6. The number of alkyl halides is 4. The average Bonchev–Trinajstić information content (AvgIpc) is 4.03. The lowest BCUT2D eigenvalue weighted by Gasteiger charge is -2.33. The van der Waals surface area contributed by atoms with Gasteiger partial charge in [-0.3, -0.25) is 9.13 Å². The van der Waals surface area contributed by atoms with Crippen molar-refractivity contribution >= 4 is 40.6 Å². The van der Waals surface area contributed by atoms with Gasteiger partial charge in [0.2, 0.25) is 11.2 Å². The Morgan fingerprint density at radius 2 is 1.23 bits per heavy atom. The van der Waals surface area contributed by atoms with Crippen LogP contribution in [0.25, 0.3) is 11.6 Å². The van der Waals surface area contributed by atoms with E-state index in [0.29, 0.717) is 57.6 Å². The zero-order chi connectivity index (χ0) is 43.1. The highest BCUT2D eigenvalue weighted by Crippen LogP contribution is 2.44. The first-order valence-electron chi connectivity index (χ1n) is 18.8. The van der Waals surface area contributed by atoms with Crippen LogP contribution in [-0.2, 0) is 0 Å². The number of pyridine rings is 2. The Morgan fingerprint density at radius 3 is 1.77 bits per heavy atom. The van der Waals surface area contributed by atoms with Crippen LogP contribution in [0.4, 0.5) is 46.5 Å². The van der Waals surface area contributed by atoms with E-state index in [1.807, 2.05) is 26.2 Å². The number of hydrogen-bond acceptors (Lipinski definition) is 16. The molecule has 0 amide bonds. The van der Waals surface area contributed by atoms with Gasteiger partial charge in [0, 0.05) is 50.5 Å². The molecule has 4 aliphatic heterocycles. The normalized spacial score (nSPS) is 18.7. The molecule has 4 aliphatic rings. The van der Waals surface area contributed by atoms with Gasteiger partial charge in [0.1, 0.15) is 38.0 Å². The van der Waals surface area contributed by atoms with Gasteiger partial charge in [0.05, 0.1) is 61.8 Å². The monoisotopic (exact) mass is 866 g/mol. The standard InChI is InChI=1S/C19H19F2N7O2.C10H12N4O.C9H8ClF2N3O/c1-11-8-27(10-24-11)16-13(29-2)5-12(6-22-16)25-18-23-7-14-17(26-18)28-4-3-19(20,21)15(28)9-30-14;1-7-5-14(6-13-7)10-9(15-2)3-8(11)4-12-10;10-8-13-3-5-7(14-8)15-2-1-9(11,12)6(15)4-16-5/h5-8,10,15H,3-4,9H2,1-2H3,(H,23,25,26);3-6H,11H2,1-2H3;3,6H,1-2,4H2. The highest BCUT2D eigenvalue weighted by atomic mass is 35.5. The number of imidazole rings is 2. The van der Waals surface area contributed by atoms with E-state index in [0.717, 1.165) is 11.4 Å². The fraction of sp³-hybridized carbons (Fsp3) is 0.368. The number of ether oxygens (including phenoxy) is 4.